The molecule has 0 aliphatic carbocycles. The minimum absolute atomic E-state index is 0.0940. The standard InChI is InChI=1S/C24H24N3O7P3/c25-35(28,31-21-13-5-1-6-14-21)26-36(29,32-22-15-7-2-8-16-22)27-37(30,33-23-17-9-3-10-18-23)34-24-19-11-4-12-20-24/h1-20H,(H4,25,26,27,28,29,30). The zero-order valence-electron chi connectivity index (χ0n) is 19.3. The second-order valence-electron chi connectivity index (χ2n) is 7.46. The summed E-state index contributed by atoms with van der Waals surface area (Å²) in [5, 5.41) is 0. The number of benzene rings is 4. The summed E-state index contributed by atoms with van der Waals surface area (Å²) in [6.45, 7) is 0. The van der Waals surface area contributed by atoms with Crippen molar-refractivity contribution in [2.75, 3.05) is 0 Å². The lowest BCUT2D eigenvalue weighted by molar-refractivity contribution is 0.375. The van der Waals surface area contributed by atoms with Crippen LogP contribution in [0.15, 0.2) is 121 Å². The minimum atomic E-state index is -4.62. The Morgan fingerprint density at radius 2 is 0.784 bits per heavy atom. The molecule has 4 rings (SSSR count). The van der Waals surface area contributed by atoms with Gasteiger partial charge in [0.1, 0.15) is 23.0 Å². The summed E-state index contributed by atoms with van der Waals surface area (Å²) in [6.07, 6.45) is 0. The summed E-state index contributed by atoms with van der Waals surface area (Å²) in [5.74, 6) is 0.543. The van der Waals surface area contributed by atoms with Crippen LogP contribution in [0.1, 0.15) is 0 Å². The zero-order chi connectivity index (χ0) is 26.2. The van der Waals surface area contributed by atoms with Gasteiger partial charge >= 0.3 is 23.1 Å². The van der Waals surface area contributed by atoms with E-state index in [1.54, 1.807) is 72.8 Å². The number of nitrogens with one attached hydrogen (secondary N) is 2. The van der Waals surface area contributed by atoms with E-state index in [1.807, 2.05) is 0 Å². The van der Waals surface area contributed by atoms with E-state index in [9.17, 15) is 13.7 Å². The molecule has 4 aromatic rings. The van der Waals surface area contributed by atoms with Crippen molar-refractivity contribution in [2.24, 2.45) is 5.50 Å². The normalized spacial score (nSPS) is 14.5. The van der Waals surface area contributed by atoms with E-state index in [2.05, 4.69) is 9.72 Å². The highest BCUT2D eigenvalue weighted by molar-refractivity contribution is 7.76. The molecule has 0 saturated heterocycles. The summed E-state index contributed by atoms with van der Waals surface area (Å²) in [7, 11) is -13.5. The molecule has 0 bridgehead atoms. The van der Waals surface area contributed by atoms with Gasteiger partial charge in [0, 0.05) is 0 Å². The lowest BCUT2D eigenvalue weighted by Crippen LogP contribution is -2.29. The third-order valence-corrected chi connectivity index (χ3v) is 10.5. The quantitative estimate of drug-likeness (QED) is 0.160. The average molecular weight is 559 g/mol. The maximum atomic E-state index is 14.1. The molecule has 0 heterocycles. The van der Waals surface area contributed by atoms with Crippen LogP contribution in [0, 0.1) is 0 Å². The number of hydrogen-bond acceptors (Lipinski definition) is 7. The zero-order valence-corrected chi connectivity index (χ0v) is 22.0. The predicted molar refractivity (Wildman–Crippen MR) is 142 cm³/mol. The second kappa shape index (κ2) is 11.8. The van der Waals surface area contributed by atoms with Gasteiger partial charge in [0.2, 0.25) is 0 Å². The Morgan fingerprint density at radius 1 is 0.459 bits per heavy atom. The molecule has 13 heteroatoms. The molecule has 4 N–H and O–H groups in total. The van der Waals surface area contributed by atoms with Crippen molar-refractivity contribution in [3.05, 3.63) is 121 Å². The first kappa shape index (κ1) is 26.7. The van der Waals surface area contributed by atoms with Crippen LogP contribution in [-0.2, 0) is 13.7 Å². The van der Waals surface area contributed by atoms with Gasteiger partial charge in [-0.1, -0.05) is 72.8 Å². The van der Waals surface area contributed by atoms with E-state index < -0.39 is 23.1 Å². The molecule has 2 unspecified atom stereocenters. The molecule has 0 aliphatic rings. The van der Waals surface area contributed by atoms with Crippen LogP contribution >= 0.6 is 23.1 Å². The number of rotatable bonds is 12. The highest BCUT2D eigenvalue weighted by Gasteiger charge is 2.44. The molecule has 0 fully saturated rings. The Hall–Kier alpha value is -3.35. The molecule has 0 aliphatic heterocycles. The predicted octanol–water partition coefficient (Wildman–Crippen LogP) is 6.76. The van der Waals surface area contributed by atoms with E-state index in [4.69, 9.17) is 23.6 Å². The van der Waals surface area contributed by atoms with Gasteiger partial charge in [0.15, 0.2) is 0 Å². The molecule has 10 nitrogen and oxygen atoms in total. The summed E-state index contributed by atoms with van der Waals surface area (Å²) in [4.78, 5) is 4.49. The molecular formula is C24H24N3O7P3. The van der Waals surface area contributed by atoms with Crippen molar-refractivity contribution in [2.45, 2.75) is 0 Å². The highest BCUT2D eigenvalue weighted by Crippen LogP contribution is 2.58. The third-order valence-electron chi connectivity index (χ3n) is 4.42. The van der Waals surface area contributed by atoms with Crippen molar-refractivity contribution in [1.82, 2.24) is 9.72 Å². The second-order valence-corrected chi connectivity index (χ2v) is 13.1. The SMILES string of the molecule is NP(=O)(NP(=O)(NP(=O)(Oc1ccccc1)Oc1ccccc1)Oc1ccccc1)Oc1ccccc1. The van der Waals surface area contributed by atoms with Crippen LogP contribution in [0.4, 0.5) is 0 Å². The van der Waals surface area contributed by atoms with Crippen LogP contribution < -0.4 is 33.3 Å². The van der Waals surface area contributed by atoms with Gasteiger partial charge < -0.3 is 18.1 Å². The van der Waals surface area contributed by atoms with E-state index in [1.165, 1.54) is 48.5 Å². The van der Waals surface area contributed by atoms with Crippen LogP contribution in [0.2, 0.25) is 0 Å². The Bertz CT molecular complexity index is 1380. The molecule has 0 aromatic heterocycles. The summed E-state index contributed by atoms with van der Waals surface area (Å²) in [6, 6.07) is 32.2. The number of para-hydroxylation sites is 4. The maximum Gasteiger partial charge on any atom is 0.522 e. The average Bonchev–Trinajstić information content (AvgIpc) is 2.85. The third kappa shape index (κ3) is 8.34. The first-order chi connectivity index (χ1) is 17.7. The lowest BCUT2D eigenvalue weighted by atomic mass is 10.3. The lowest BCUT2D eigenvalue weighted by Gasteiger charge is -2.27. The fourth-order valence-electron chi connectivity index (χ4n) is 3.00. The molecule has 0 spiro atoms. The Kier molecular flexibility index (Phi) is 8.52. The monoisotopic (exact) mass is 559 g/mol. The summed E-state index contributed by atoms with van der Waals surface area (Å²) >= 11 is 0. The van der Waals surface area contributed by atoms with Gasteiger partial charge in [-0.05, 0) is 48.5 Å². The van der Waals surface area contributed by atoms with Crippen molar-refractivity contribution >= 4 is 23.1 Å². The van der Waals surface area contributed by atoms with Crippen molar-refractivity contribution in [3.63, 3.8) is 0 Å². The molecule has 37 heavy (non-hydrogen) atoms. The Morgan fingerprint density at radius 3 is 1.16 bits per heavy atom. The van der Waals surface area contributed by atoms with Gasteiger partial charge in [-0.2, -0.15) is 0 Å². The largest absolute Gasteiger partial charge is 0.522 e. The molecular weight excluding hydrogens is 535 g/mol. The van der Waals surface area contributed by atoms with Crippen molar-refractivity contribution in [1.29, 1.82) is 0 Å². The van der Waals surface area contributed by atoms with E-state index in [-0.39, 0.29) is 23.0 Å². The maximum absolute atomic E-state index is 14.1. The molecule has 0 saturated carbocycles. The smallest absolute Gasteiger partial charge is 0.422 e. The van der Waals surface area contributed by atoms with Crippen LogP contribution in [0.5, 0.6) is 23.0 Å². The Balaban J connectivity index is 1.68. The van der Waals surface area contributed by atoms with Crippen LogP contribution in [-0.4, -0.2) is 0 Å². The van der Waals surface area contributed by atoms with E-state index >= 15 is 0 Å². The van der Waals surface area contributed by atoms with Gasteiger partial charge in [0.25, 0.3) is 0 Å². The van der Waals surface area contributed by atoms with Crippen molar-refractivity contribution < 1.29 is 31.8 Å². The first-order valence-electron chi connectivity index (χ1n) is 10.9. The fourth-order valence-corrected chi connectivity index (χ4v) is 8.84. The molecule has 2 atom stereocenters. The topological polar surface area (TPSA) is 138 Å². The van der Waals surface area contributed by atoms with Crippen LogP contribution in [0.25, 0.3) is 0 Å². The summed E-state index contributed by atoms with van der Waals surface area (Å²) in [5.41, 5.74) is 5.87. The van der Waals surface area contributed by atoms with E-state index in [0.717, 1.165) is 0 Å². The van der Waals surface area contributed by atoms with E-state index in [0.29, 0.717) is 0 Å². The number of nitrogens with two attached hydrogens (primary N) is 1. The molecule has 192 valence electrons. The fraction of sp³-hybridized carbons (Fsp3) is 0. The van der Waals surface area contributed by atoms with Gasteiger partial charge in [-0.15, -0.1) is 9.72 Å². The first-order valence-corrected chi connectivity index (χ1v) is 15.8. The number of hydrogen-bond donors (Lipinski definition) is 3. The summed E-state index contributed by atoms with van der Waals surface area (Å²) < 4.78 is 63.5. The minimum Gasteiger partial charge on any atom is -0.422 e. The van der Waals surface area contributed by atoms with Gasteiger partial charge in [-0.25, -0.2) is 19.2 Å². The Labute approximate surface area is 214 Å². The van der Waals surface area contributed by atoms with Gasteiger partial charge in [-0.3, -0.25) is 0 Å². The highest BCUT2D eigenvalue weighted by atomic mass is 31.3. The molecule has 4 aromatic carbocycles. The van der Waals surface area contributed by atoms with Gasteiger partial charge in [0.05, 0.1) is 0 Å². The van der Waals surface area contributed by atoms with Crippen LogP contribution in [0.3, 0.4) is 0 Å². The van der Waals surface area contributed by atoms with Crippen molar-refractivity contribution in [3.8, 4) is 23.0 Å². The molecule has 0 radical (unpaired) electrons. The molecule has 0 amide bonds.